The van der Waals surface area contributed by atoms with E-state index in [1.165, 1.54) is 0 Å². The fourth-order valence-corrected chi connectivity index (χ4v) is 3.27. The number of rotatable bonds is 4. The van der Waals surface area contributed by atoms with Crippen LogP contribution >= 0.6 is 23.2 Å². The van der Waals surface area contributed by atoms with E-state index in [2.05, 4.69) is 20.5 Å². The Morgan fingerprint density at radius 1 is 1.00 bits per heavy atom. The molecule has 0 bridgehead atoms. The van der Waals surface area contributed by atoms with Gasteiger partial charge in [0.1, 0.15) is 5.54 Å². The molecule has 2 aromatic carbocycles. The first-order valence-corrected chi connectivity index (χ1v) is 8.91. The van der Waals surface area contributed by atoms with Gasteiger partial charge in [-0.25, -0.2) is 0 Å². The fourth-order valence-electron chi connectivity index (χ4n) is 2.78. The molecular formula is C19H19Cl2N5. The summed E-state index contributed by atoms with van der Waals surface area (Å²) in [6.07, 6.45) is 1.67. The largest absolute Gasteiger partial charge is 0.278 e. The van der Waals surface area contributed by atoms with Crippen LogP contribution in [0.4, 0.5) is 0 Å². The van der Waals surface area contributed by atoms with Crippen molar-refractivity contribution in [2.24, 2.45) is 4.99 Å². The Morgan fingerprint density at radius 2 is 1.58 bits per heavy atom. The molecule has 0 saturated carbocycles. The summed E-state index contributed by atoms with van der Waals surface area (Å²) in [6, 6.07) is 11.4. The number of hydrogen-bond acceptors (Lipinski definition) is 4. The van der Waals surface area contributed by atoms with Gasteiger partial charge in [0.25, 0.3) is 0 Å². The number of tetrazole rings is 1. The number of nitrogens with zero attached hydrogens (tertiary/aromatic N) is 5. The molecule has 3 aromatic rings. The second-order valence-corrected chi connectivity index (χ2v) is 7.42. The van der Waals surface area contributed by atoms with Crippen molar-refractivity contribution in [3.63, 3.8) is 0 Å². The zero-order valence-electron chi connectivity index (χ0n) is 15.0. The van der Waals surface area contributed by atoms with Gasteiger partial charge in [0, 0.05) is 11.8 Å². The third kappa shape index (κ3) is 3.50. The van der Waals surface area contributed by atoms with Gasteiger partial charge in [-0.1, -0.05) is 47.5 Å². The molecule has 0 radical (unpaired) electrons. The highest BCUT2D eigenvalue weighted by molar-refractivity contribution is 6.38. The van der Waals surface area contributed by atoms with Gasteiger partial charge >= 0.3 is 0 Å². The maximum Gasteiger partial charge on any atom is 0.183 e. The molecule has 1 aromatic heterocycles. The molecule has 3 rings (SSSR count). The van der Waals surface area contributed by atoms with E-state index in [0.29, 0.717) is 21.4 Å². The van der Waals surface area contributed by atoms with Crippen molar-refractivity contribution in [3.8, 4) is 5.69 Å². The molecule has 0 unspecified atom stereocenters. The van der Waals surface area contributed by atoms with E-state index in [9.17, 15) is 0 Å². The number of para-hydroxylation sites is 1. The van der Waals surface area contributed by atoms with Crippen LogP contribution < -0.4 is 0 Å². The van der Waals surface area contributed by atoms with E-state index < -0.39 is 5.54 Å². The highest BCUT2D eigenvalue weighted by Crippen LogP contribution is 2.28. The molecule has 0 spiro atoms. The van der Waals surface area contributed by atoms with Gasteiger partial charge in [0.15, 0.2) is 5.82 Å². The molecule has 0 aliphatic rings. The van der Waals surface area contributed by atoms with Crippen molar-refractivity contribution >= 4 is 29.4 Å². The standard InChI is InChI=1S/C19H19Cl2N5/c1-12-7-5-8-13(2)17(12)26-18(23-24-25-26)19(3,4)22-11-14-15(20)9-6-10-16(14)21/h5-11H,1-4H3. The average Bonchev–Trinajstić information content (AvgIpc) is 3.04. The third-order valence-corrected chi connectivity index (χ3v) is 4.84. The third-order valence-electron chi connectivity index (χ3n) is 4.18. The van der Waals surface area contributed by atoms with Crippen LogP contribution in [-0.2, 0) is 5.54 Å². The minimum absolute atomic E-state index is 0.548. The van der Waals surface area contributed by atoms with Crippen molar-refractivity contribution in [3.05, 3.63) is 69.0 Å². The van der Waals surface area contributed by atoms with Crippen molar-refractivity contribution in [1.82, 2.24) is 20.2 Å². The monoisotopic (exact) mass is 387 g/mol. The topological polar surface area (TPSA) is 56.0 Å². The van der Waals surface area contributed by atoms with E-state index in [-0.39, 0.29) is 0 Å². The highest BCUT2D eigenvalue weighted by Gasteiger charge is 2.28. The minimum atomic E-state index is -0.680. The van der Waals surface area contributed by atoms with E-state index >= 15 is 0 Å². The second-order valence-electron chi connectivity index (χ2n) is 6.61. The Kier molecular flexibility index (Phi) is 5.12. The minimum Gasteiger partial charge on any atom is -0.278 e. The highest BCUT2D eigenvalue weighted by atomic mass is 35.5. The summed E-state index contributed by atoms with van der Waals surface area (Å²) in [4.78, 5) is 4.68. The SMILES string of the molecule is Cc1cccc(C)c1-n1nnnc1C(C)(C)N=Cc1c(Cl)cccc1Cl. The number of hydrogen-bond donors (Lipinski definition) is 0. The van der Waals surface area contributed by atoms with Crippen molar-refractivity contribution in [2.75, 3.05) is 0 Å². The summed E-state index contributed by atoms with van der Waals surface area (Å²) in [5.74, 6) is 0.634. The zero-order valence-corrected chi connectivity index (χ0v) is 16.5. The molecule has 7 heteroatoms. The van der Waals surface area contributed by atoms with Crippen LogP contribution in [0.5, 0.6) is 0 Å². The lowest BCUT2D eigenvalue weighted by Gasteiger charge is -2.20. The molecule has 5 nitrogen and oxygen atoms in total. The predicted molar refractivity (Wildman–Crippen MR) is 106 cm³/mol. The Labute approximate surface area is 162 Å². The fraction of sp³-hybridized carbons (Fsp3) is 0.263. The van der Waals surface area contributed by atoms with Gasteiger partial charge in [-0.2, -0.15) is 4.68 Å². The Morgan fingerprint density at radius 3 is 2.19 bits per heavy atom. The summed E-state index contributed by atoms with van der Waals surface area (Å²) >= 11 is 12.5. The normalized spacial score (nSPS) is 12.1. The van der Waals surface area contributed by atoms with Crippen LogP contribution in [0.15, 0.2) is 41.4 Å². The molecule has 0 atom stereocenters. The van der Waals surface area contributed by atoms with Crippen LogP contribution in [-0.4, -0.2) is 26.4 Å². The summed E-state index contributed by atoms with van der Waals surface area (Å²) in [5.41, 5.74) is 3.14. The first kappa shape index (κ1) is 18.5. The predicted octanol–water partition coefficient (Wildman–Crippen LogP) is 4.94. The summed E-state index contributed by atoms with van der Waals surface area (Å²) in [6.45, 7) is 7.97. The number of aromatic nitrogens is 4. The van der Waals surface area contributed by atoms with Gasteiger partial charge in [0.05, 0.1) is 15.7 Å². The molecule has 0 fully saturated rings. The summed E-state index contributed by atoms with van der Waals surface area (Å²) in [5, 5.41) is 13.4. The van der Waals surface area contributed by atoms with E-state index in [0.717, 1.165) is 16.8 Å². The molecule has 26 heavy (non-hydrogen) atoms. The lowest BCUT2D eigenvalue weighted by molar-refractivity contribution is 0.502. The molecule has 0 saturated heterocycles. The Hall–Kier alpha value is -2.24. The molecule has 0 N–H and O–H groups in total. The first-order chi connectivity index (χ1) is 12.3. The van der Waals surface area contributed by atoms with Crippen LogP contribution in [0.25, 0.3) is 5.69 Å². The molecular weight excluding hydrogens is 369 g/mol. The van der Waals surface area contributed by atoms with Gasteiger partial charge in [0.2, 0.25) is 0 Å². The number of halogens is 2. The molecule has 0 aliphatic carbocycles. The van der Waals surface area contributed by atoms with Gasteiger partial charge in [-0.15, -0.1) is 5.10 Å². The van der Waals surface area contributed by atoms with Crippen LogP contribution in [0.1, 0.15) is 36.4 Å². The van der Waals surface area contributed by atoms with Gasteiger partial charge < -0.3 is 0 Å². The van der Waals surface area contributed by atoms with Crippen LogP contribution in [0.3, 0.4) is 0 Å². The van der Waals surface area contributed by atoms with Gasteiger partial charge in [-0.3, -0.25) is 4.99 Å². The quantitative estimate of drug-likeness (QED) is 0.595. The molecule has 0 amide bonds. The van der Waals surface area contributed by atoms with Crippen LogP contribution in [0, 0.1) is 13.8 Å². The van der Waals surface area contributed by atoms with Crippen molar-refractivity contribution in [2.45, 2.75) is 33.2 Å². The van der Waals surface area contributed by atoms with Crippen molar-refractivity contribution < 1.29 is 0 Å². The maximum atomic E-state index is 6.23. The number of benzene rings is 2. The smallest absolute Gasteiger partial charge is 0.183 e. The van der Waals surface area contributed by atoms with Crippen molar-refractivity contribution in [1.29, 1.82) is 0 Å². The molecule has 134 valence electrons. The average molecular weight is 388 g/mol. The molecule has 0 aliphatic heterocycles. The number of aliphatic imine (C=N–C) groups is 1. The van der Waals surface area contributed by atoms with E-state index in [4.69, 9.17) is 23.2 Å². The number of aryl methyl sites for hydroxylation is 2. The maximum absolute atomic E-state index is 6.23. The zero-order chi connectivity index (χ0) is 18.9. The summed E-state index contributed by atoms with van der Waals surface area (Å²) < 4.78 is 1.75. The second kappa shape index (κ2) is 7.17. The lowest BCUT2D eigenvalue weighted by Crippen LogP contribution is -2.22. The van der Waals surface area contributed by atoms with Gasteiger partial charge in [-0.05, 0) is 61.4 Å². The first-order valence-electron chi connectivity index (χ1n) is 8.16. The lowest BCUT2D eigenvalue weighted by atomic mass is 10.0. The Balaban J connectivity index is 2.05. The summed E-state index contributed by atoms with van der Waals surface area (Å²) in [7, 11) is 0. The van der Waals surface area contributed by atoms with E-state index in [1.54, 1.807) is 29.1 Å². The Bertz CT molecular complexity index is 935. The van der Waals surface area contributed by atoms with Crippen LogP contribution in [0.2, 0.25) is 10.0 Å². The van der Waals surface area contributed by atoms with E-state index in [1.807, 2.05) is 45.9 Å². The molecule has 1 heterocycles.